The molecule has 1 aliphatic heterocycles. The molecule has 0 saturated carbocycles. The van der Waals surface area contributed by atoms with Gasteiger partial charge in [-0.3, -0.25) is 4.79 Å². The van der Waals surface area contributed by atoms with E-state index in [1.165, 1.54) is 5.56 Å². The van der Waals surface area contributed by atoms with Gasteiger partial charge < -0.3 is 9.47 Å². The molecule has 0 N–H and O–H groups in total. The summed E-state index contributed by atoms with van der Waals surface area (Å²) >= 11 is 0. The van der Waals surface area contributed by atoms with Crippen LogP contribution in [0.2, 0.25) is 0 Å². The topological polar surface area (TPSA) is 51.1 Å². The number of hydrogen-bond donors (Lipinski definition) is 0. The van der Waals surface area contributed by atoms with Crippen molar-refractivity contribution in [1.82, 2.24) is 5.01 Å². The molecule has 1 unspecified atom stereocenters. The molecule has 3 aromatic carbocycles. The Morgan fingerprint density at radius 1 is 0.969 bits per heavy atom. The van der Waals surface area contributed by atoms with Gasteiger partial charge in [0.25, 0.3) is 5.91 Å². The maximum atomic E-state index is 13.2. The first-order valence-electron chi connectivity index (χ1n) is 10.5. The fourth-order valence-corrected chi connectivity index (χ4v) is 3.86. The monoisotopic (exact) mass is 426 g/mol. The molecule has 0 aromatic heterocycles. The third-order valence-corrected chi connectivity index (χ3v) is 5.53. The second-order valence-electron chi connectivity index (χ2n) is 7.64. The number of carbonyl (C=O) groups excluding carboxylic acids is 1. The van der Waals surface area contributed by atoms with E-state index >= 15 is 0 Å². The Morgan fingerprint density at radius 2 is 1.72 bits per heavy atom. The Bertz CT molecular complexity index is 1150. The summed E-state index contributed by atoms with van der Waals surface area (Å²) in [4.78, 5) is 13.2. The lowest BCUT2D eigenvalue weighted by atomic mass is 9.97. The second-order valence-corrected chi connectivity index (χ2v) is 7.64. The van der Waals surface area contributed by atoms with Crippen molar-refractivity contribution in [3.8, 4) is 11.5 Å². The number of amides is 1. The lowest BCUT2D eigenvalue weighted by Crippen LogP contribution is -2.25. The maximum absolute atomic E-state index is 13.2. The van der Waals surface area contributed by atoms with Gasteiger partial charge in [-0.25, -0.2) is 5.01 Å². The third kappa shape index (κ3) is 4.42. The number of rotatable bonds is 6. The molecule has 0 bridgehead atoms. The van der Waals surface area contributed by atoms with Gasteiger partial charge in [0, 0.05) is 18.1 Å². The smallest absolute Gasteiger partial charge is 0.267 e. The van der Waals surface area contributed by atoms with Crippen molar-refractivity contribution in [1.29, 1.82) is 0 Å². The Labute approximate surface area is 188 Å². The number of methoxy groups -OCH3 is 2. The number of hydrogen-bond acceptors (Lipinski definition) is 4. The van der Waals surface area contributed by atoms with Crippen molar-refractivity contribution >= 4 is 17.7 Å². The molecule has 3 aromatic rings. The fourth-order valence-electron chi connectivity index (χ4n) is 3.86. The Hall–Kier alpha value is -3.86. The molecule has 0 aliphatic carbocycles. The molecular formula is C27H26N2O3. The molecule has 1 atom stereocenters. The molecule has 1 amide bonds. The van der Waals surface area contributed by atoms with E-state index in [1.54, 1.807) is 25.3 Å². The summed E-state index contributed by atoms with van der Waals surface area (Å²) in [7, 11) is 3.22. The van der Waals surface area contributed by atoms with Crippen molar-refractivity contribution in [2.45, 2.75) is 19.4 Å². The van der Waals surface area contributed by atoms with Crippen molar-refractivity contribution in [3.05, 3.63) is 101 Å². The zero-order valence-corrected chi connectivity index (χ0v) is 18.5. The van der Waals surface area contributed by atoms with Crippen LogP contribution in [0, 0.1) is 6.92 Å². The summed E-state index contributed by atoms with van der Waals surface area (Å²) in [6.45, 7) is 2.05. The summed E-state index contributed by atoms with van der Waals surface area (Å²) in [6, 6.07) is 23.3. The largest absolute Gasteiger partial charge is 0.493 e. The zero-order valence-electron chi connectivity index (χ0n) is 18.5. The molecule has 1 heterocycles. The Balaban J connectivity index is 1.72. The van der Waals surface area contributed by atoms with Crippen LogP contribution in [0.15, 0.2) is 84.0 Å². The average molecular weight is 427 g/mol. The van der Waals surface area contributed by atoms with Gasteiger partial charge in [0.2, 0.25) is 0 Å². The summed E-state index contributed by atoms with van der Waals surface area (Å²) in [6.07, 6.45) is 3.95. The van der Waals surface area contributed by atoms with Crippen molar-refractivity contribution < 1.29 is 14.3 Å². The number of ether oxygens (including phenoxy) is 2. The highest BCUT2D eigenvalue weighted by Crippen LogP contribution is 2.41. The van der Waals surface area contributed by atoms with E-state index in [1.807, 2.05) is 73.7 Å². The molecule has 0 spiro atoms. The quantitative estimate of drug-likeness (QED) is 0.496. The molecule has 5 nitrogen and oxygen atoms in total. The van der Waals surface area contributed by atoms with Crippen molar-refractivity contribution in [3.63, 3.8) is 0 Å². The summed E-state index contributed by atoms with van der Waals surface area (Å²) < 4.78 is 11.1. The molecule has 1 aliphatic rings. The van der Waals surface area contributed by atoms with E-state index in [0.717, 1.165) is 22.4 Å². The normalized spacial score (nSPS) is 15.7. The van der Waals surface area contributed by atoms with Gasteiger partial charge in [-0.1, -0.05) is 72.3 Å². The van der Waals surface area contributed by atoms with Gasteiger partial charge in [-0.05, 0) is 30.2 Å². The van der Waals surface area contributed by atoms with Gasteiger partial charge in [0.15, 0.2) is 11.5 Å². The lowest BCUT2D eigenvalue weighted by molar-refractivity contribution is -0.127. The highest BCUT2D eigenvalue weighted by molar-refractivity contribution is 6.04. The molecule has 0 radical (unpaired) electrons. The molecule has 4 rings (SSSR count). The van der Waals surface area contributed by atoms with Gasteiger partial charge >= 0.3 is 0 Å². The highest BCUT2D eigenvalue weighted by Gasteiger charge is 2.34. The van der Waals surface area contributed by atoms with E-state index in [9.17, 15) is 4.79 Å². The number of aryl methyl sites for hydroxylation is 1. The zero-order chi connectivity index (χ0) is 22.5. The minimum absolute atomic E-state index is 0.189. The maximum Gasteiger partial charge on any atom is 0.267 e. The number of benzene rings is 3. The lowest BCUT2D eigenvalue weighted by Gasteiger charge is -2.23. The molecule has 5 heteroatoms. The van der Waals surface area contributed by atoms with E-state index in [-0.39, 0.29) is 11.9 Å². The van der Waals surface area contributed by atoms with Crippen LogP contribution in [0.25, 0.3) is 6.08 Å². The summed E-state index contributed by atoms with van der Waals surface area (Å²) in [5.74, 6) is 1.05. The average Bonchev–Trinajstić information content (AvgIpc) is 3.28. The van der Waals surface area contributed by atoms with E-state index < -0.39 is 0 Å². The fraction of sp³-hybridized carbons (Fsp3) is 0.185. The molecule has 32 heavy (non-hydrogen) atoms. The van der Waals surface area contributed by atoms with E-state index in [0.29, 0.717) is 17.9 Å². The van der Waals surface area contributed by atoms with Crippen LogP contribution in [0.5, 0.6) is 11.5 Å². The van der Waals surface area contributed by atoms with Crippen LogP contribution in [0.4, 0.5) is 0 Å². The predicted molar refractivity (Wildman–Crippen MR) is 127 cm³/mol. The Morgan fingerprint density at radius 3 is 2.41 bits per heavy atom. The van der Waals surface area contributed by atoms with Crippen molar-refractivity contribution in [2.75, 3.05) is 14.2 Å². The van der Waals surface area contributed by atoms with Crippen LogP contribution in [0.1, 0.15) is 34.7 Å². The highest BCUT2D eigenvalue weighted by atomic mass is 16.5. The Kier molecular flexibility index (Phi) is 6.36. The minimum Gasteiger partial charge on any atom is -0.493 e. The van der Waals surface area contributed by atoms with E-state index in [2.05, 4.69) is 12.1 Å². The number of nitrogens with zero attached hydrogens (tertiary/aromatic N) is 2. The van der Waals surface area contributed by atoms with Crippen LogP contribution in [-0.2, 0) is 4.79 Å². The molecule has 0 saturated heterocycles. The van der Waals surface area contributed by atoms with Crippen LogP contribution >= 0.6 is 0 Å². The number of para-hydroxylation sites is 1. The van der Waals surface area contributed by atoms with Crippen molar-refractivity contribution in [2.24, 2.45) is 5.10 Å². The molecule has 0 fully saturated rings. The van der Waals surface area contributed by atoms with Gasteiger partial charge in [-0.2, -0.15) is 5.10 Å². The van der Waals surface area contributed by atoms with Crippen LogP contribution in [-0.4, -0.2) is 30.8 Å². The van der Waals surface area contributed by atoms with Gasteiger partial charge in [0.1, 0.15) is 0 Å². The standard InChI is InChI=1S/C27H26N2O3/c1-19-12-15-21(16-13-19)23-18-24(22-10-7-11-25(31-2)27(22)32-3)29(28-23)26(30)17-14-20-8-5-4-6-9-20/h4-17,24H,18H2,1-3H3/b17-14+. The number of carbonyl (C=O) groups is 1. The van der Waals surface area contributed by atoms with Gasteiger partial charge in [-0.15, -0.1) is 0 Å². The molecule has 162 valence electrons. The SMILES string of the molecule is COc1cccc(C2CC(c3ccc(C)cc3)=NN2C(=O)/C=C/c2ccccc2)c1OC. The first-order valence-corrected chi connectivity index (χ1v) is 10.5. The second kappa shape index (κ2) is 9.52. The summed E-state index contributed by atoms with van der Waals surface area (Å²) in [5.41, 5.74) is 4.86. The number of hydrazone groups is 1. The van der Waals surface area contributed by atoms with Gasteiger partial charge in [0.05, 0.1) is 26.0 Å². The third-order valence-electron chi connectivity index (χ3n) is 5.53. The predicted octanol–water partition coefficient (Wildman–Crippen LogP) is 5.40. The summed E-state index contributed by atoms with van der Waals surface area (Å²) in [5, 5.41) is 6.29. The first-order chi connectivity index (χ1) is 15.6. The van der Waals surface area contributed by atoms with Crippen LogP contribution < -0.4 is 9.47 Å². The minimum atomic E-state index is -0.302. The molecular weight excluding hydrogens is 400 g/mol. The van der Waals surface area contributed by atoms with E-state index in [4.69, 9.17) is 14.6 Å². The van der Waals surface area contributed by atoms with Crippen LogP contribution in [0.3, 0.4) is 0 Å². The first kappa shape index (κ1) is 21.4.